The average molecular weight is 360 g/mol. The number of carbonyl (C=O) groups is 3. The lowest BCUT2D eigenvalue weighted by Gasteiger charge is -2.19. The van der Waals surface area contributed by atoms with Crippen molar-refractivity contribution in [3.8, 4) is 5.75 Å². The molecule has 0 radical (unpaired) electrons. The number of aryl methyl sites for hydroxylation is 1. The Balaban J connectivity index is 1.63. The zero-order valence-corrected chi connectivity index (χ0v) is 14.5. The molecule has 1 aromatic rings. The van der Waals surface area contributed by atoms with E-state index in [4.69, 9.17) is 4.74 Å². The van der Waals surface area contributed by atoms with Gasteiger partial charge < -0.3 is 4.74 Å². The molecule has 2 atom stereocenters. The van der Waals surface area contributed by atoms with Gasteiger partial charge in [0.2, 0.25) is 17.6 Å². The normalized spacial score (nSPS) is 22.3. The molecule has 0 spiro atoms. The third-order valence-electron chi connectivity index (χ3n) is 5.01. The van der Waals surface area contributed by atoms with E-state index in [1.807, 2.05) is 0 Å². The first kappa shape index (κ1) is 18.0. The topological polar surface area (TPSA) is 107 Å². The zero-order chi connectivity index (χ0) is 18.8. The van der Waals surface area contributed by atoms with E-state index in [0.717, 1.165) is 17.7 Å². The molecule has 138 valence electrons. The van der Waals surface area contributed by atoms with Crippen molar-refractivity contribution in [1.29, 1.82) is 0 Å². The summed E-state index contributed by atoms with van der Waals surface area (Å²) in [6.45, 7) is 1.67. The summed E-state index contributed by atoms with van der Waals surface area (Å²) in [6.07, 6.45) is 3.11. The van der Waals surface area contributed by atoms with Crippen LogP contribution in [0.15, 0.2) is 18.2 Å². The monoisotopic (exact) mass is 360 g/mol. The van der Waals surface area contributed by atoms with Crippen LogP contribution in [0.5, 0.6) is 5.75 Å². The van der Waals surface area contributed by atoms with Gasteiger partial charge in [0.25, 0.3) is 0 Å². The largest absolute Gasteiger partial charge is 0.419 e. The van der Waals surface area contributed by atoms with E-state index in [9.17, 15) is 24.5 Å². The number of fused-ring (bicyclic) bond motifs is 1. The highest BCUT2D eigenvalue weighted by Crippen LogP contribution is 2.38. The number of likely N-dealkylation sites (tertiary alicyclic amines) is 1. The number of carbonyl (C=O) groups excluding carboxylic acids is 3. The summed E-state index contributed by atoms with van der Waals surface area (Å²) in [4.78, 5) is 48.4. The number of nitrogens with zero attached hydrogens (tertiary/aromatic N) is 2. The Kier molecular flexibility index (Phi) is 5.01. The van der Waals surface area contributed by atoms with Gasteiger partial charge in [-0.25, -0.2) is 0 Å². The first-order valence-corrected chi connectivity index (χ1v) is 8.69. The molecule has 3 rings (SSSR count). The molecule has 8 nitrogen and oxygen atoms in total. The Hall–Kier alpha value is -2.77. The molecule has 1 aliphatic carbocycles. The number of hydrogen-bond donors (Lipinski definition) is 0. The number of rotatable bonds is 5. The summed E-state index contributed by atoms with van der Waals surface area (Å²) in [5, 5.41) is 11.0. The zero-order valence-electron chi connectivity index (χ0n) is 14.5. The highest BCUT2D eigenvalue weighted by Gasteiger charge is 2.47. The first-order valence-electron chi connectivity index (χ1n) is 8.69. The van der Waals surface area contributed by atoms with Crippen LogP contribution in [-0.2, 0) is 14.4 Å². The van der Waals surface area contributed by atoms with Crippen LogP contribution in [-0.4, -0.2) is 34.2 Å². The number of nitro benzene ring substituents is 1. The van der Waals surface area contributed by atoms with Crippen LogP contribution in [0, 0.1) is 28.9 Å². The molecule has 0 unspecified atom stereocenters. The average Bonchev–Trinajstić information content (AvgIpc) is 2.84. The Morgan fingerprint density at radius 1 is 1.23 bits per heavy atom. The Bertz CT molecular complexity index is 751. The van der Waals surface area contributed by atoms with Gasteiger partial charge in [0.15, 0.2) is 0 Å². The van der Waals surface area contributed by atoms with Crippen molar-refractivity contribution >= 4 is 23.5 Å². The molecule has 2 aliphatic rings. The van der Waals surface area contributed by atoms with E-state index >= 15 is 0 Å². The van der Waals surface area contributed by atoms with E-state index in [1.165, 1.54) is 12.1 Å². The standard InChI is InChI=1S/C18H20N2O6/c1-11-6-7-14(20(24)25)15(10-11)26-16(21)8-9-19-17(22)12-4-2-3-5-13(12)18(19)23/h6-7,10,12-13H,2-5,8-9H2,1H3/t12-,13-/m1/s1. The minimum Gasteiger partial charge on any atom is -0.419 e. The lowest BCUT2D eigenvalue weighted by molar-refractivity contribution is -0.385. The number of ether oxygens (including phenoxy) is 1. The van der Waals surface area contributed by atoms with Crippen molar-refractivity contribution in [2.75, 3.05) is 6.54 Å². The fraction of sp³-hybridized carbons (Fsp3) is 0.500. The van der Waals surface area contributed by atoms with E-state index < -0.39 is 10.9 Å². The van der Waals surface area contributed by atoms with Gasteiger partial charge in [-0.05, 0) is 31.4 Å². The smallest absolute Gasteiger partial charge is 0.313 e. The summed E-state index contributed by atoms with van der Waals surface area (Å²) in [6, 6.07) is 4.24. The SMILES string of the molecule is Cc1ccc([N+](=O)[O-])c(OC(=O)CCN2C(=O)[C@@H]3CCCC[C@H]3C2=O)c1. The summed E-state index contributed by atoms with van der Waals surface area (Å²) < 4.78 is 5.11. The van der Waals surface area contributed by atoms with Crippen molar-refractivity contribution in [3.05, 3.63) is 33.9 Å². The van der Waals surface area contributed by atoms with Crippen LogP contribution in [0.1, 0.15) is 37.7 Å². The number of nitro groups is 1. The fourth-order valence-electron chi connectivity index (χ4n) is 3.68. The van der Waals surface area contributed by atoms with Crippen LogP contribution in [0.4, 0.5) is 5.69 Å². The fourth-order valence-corrected chi connectivity index (χ4v) is 3.68. The van der Waals surface area contributed by atoms with Gasteiger partial charge in [-0.15, -0.1) is 0 Å². The Morgan fingerprint density at radius 2 is 1.85 bits per heavy atom. The van der Waals surface area contributed by atoms with Crippen LogP contribution in [0.3, 0.4) is 0 Å². The van der Waals surface area contributed by atoms with E-state index in [1.54, 1.807) is 13.0 Å². The number of hydrogen-bond acceptors (Lipinski definition) is 6. The van der Waals surface area contributed by atoms with E-state index in [0.29, 0.717) is 18.4 Å². The molecule has 0 N–H and O–H groups in total. The molecular formula is C18H20N2O6. The second kappa shape index (κ2) is 7.23. The van der Waals surface area contributed by atoms with Crippen molar-refractivity contribution < 1.29 is 24.0 Å². The maximum Gasteiger partial charge on any atom is 0.313 e. The van der Waals surface area contributed by atoms with Gasteiger partial charge in [0, 0.05) is 12.6 Å². The summed E-state index contributed by atoms with van der Waals surface area (Å²) >= 11 is 0. The van der Waals surface area contributed by atoms with Gasteiger partial charge in [-0.2, -0.15) is 0 Å². The molecule has 0 bridgehead atoms. The van der Waals surface area contributed by atoms with Crippen LogP contribution in [0.2, 0.25) is 0 Å². The lowest BCUT2D eigenvalue weighted by Crippen LogP contribution is -2.33. The van der Waals surface area contributed by atoms with Crippen molar-refractivity contribution in [2.45, 2.75) is 39.0 Å². The van der Waals surface area contributed by atoms with Crippen molar-refractivity contribution in [3.63, 3.8) is 0 Å². The van der Waals surface area contributed by atoms with E-state index in [2.05, 4.69) is 0 Å². The predicted octanol–water partition coefficient (Wildman–Crippen LogP) is 2.37. The number of amides is 2. The quantitative estimate of drug-likeness (QED) is 0.262. The minimum absolute atomic E-state index is 0.0525. The molecule has 8 heteroatoms. The summed E-state index contributed by atoms with van der Waals surface area (Å²) in [5.41, 5.74) is 0.413. The van der Waals surface area contributed by atoms with Gasteiger partial charge in [0.05, 0.1) is 23.2 Å². The predicted molar refractivity (Wildman–Crippen MR) is 90.3 cm³/mol. The molecule has 1 saturated carbocycles. The molecule has 1 aromatic carbocycles. The molecule has 0 aromatic heterocycles. The lowest BCUT2D eigenvalue weighted by atomic mass is 9.81. The molecule has 1 heterocycles. The number of benzene rings is 1. The second-order valence-corrected chi connectivity index (χ2v) is 6.78. The van der Waals surface area contributed by atoms with Gasteiger partial charge in [-0.3, -0.25) is 29.4 Å². The maximum atomic E-state index is 12.4. The Labute approximate surface area is 150 Å². The van der Waals surface area contributed by atoms with Gasteiger partial charge >= 0.3 is 11.7 Å². The molecule has 26 heavy (non-hydrogen) atoms. The number of esters is 1. The highest BCUT2D eigenvalue weighted by molar-refractivity contribution is 6.05. The number of imide groups is 1. The molecule has 2 fully saturated rings. The second-order valence-electron chi connectivity index (χ2n) is 6.78. The molecule has 1 saturated heterocycles. The third kappa shape index (κ3) is 3.44. The Morgan fingerprint density at radius 3 is 2.42 bits per heavy atom. The molecule has 2 amide bonds. The minimum atomic E-state index is -0.714. The highest BCUT2D eigenvalue weighted by atomic mass is 16.6. The van der Waals surface area contributed by atoms with E-state index in [-0.39, 0.29) is 48.1 Å². The van der Waals surface area contributed by atoms with Gasteiger partial charge in [-0.1, -0.05) is 18.9 Å². The maximum absolute atomic E-state index is 12.4. The van der Waals surface area contributed by atoms with Crippen molar-refractivity contribution in [1.82, 2.24) is 4.90 Å². The van der Waals surface area contributed by atoms with Gasteiger partial charge in [0.1, 0.15) is 0 Å². The molecular weight excluding hydrogens is 340 g/mol. The summed E-state index contributed by atoms with van der Waals surface area (Å²) in [7, 11) is 0. The van der Waals surface area contributed by atoms with Crippen molar-refractivity contribution in [2.24, 2.45) is 11.8 Å². The third-order valence-corrected chi connectivity index (χ3v) is 5.01. The first-order chi connectivity index (χ1) is 12.4. The summed E-state index contributed by atoms with van der Waals surface area (Å²) in [5.74, 6) is -1.79. The van der Waals surface area contributed by atoms with Crippen LogP contribution < -0.4 is 4.74 Å². The van der Waals surface area contributed by atoms with Crippen LogP contribution in [0.25, 0.3) is 0 Å². The molecule has 1 aliphatic heterocycles. The van der Waals surface area contributed by atoms with Crippen LogP contribution >= 0.6 is 0 Å².